The van der Waals surface area contributed by atoms with Crippen molar-refractivity contribution in [3.8, 4) is 0 Å². The van der Waals surface area contributed by atoms with Crippen LogP contribution in [-0.2, 0) is 4.79 Å². The number of carbonyl (C=O) groups excluding carboxylic acids is 1. The maximum absolute atomic E-state index is 12.3. The average Bonchev–Trinajstić information content (AvgIpc) is 2.70. The van der Waals surface area contributed by atoms with Crippen molar-refractivity contribution in [2.45, 2.75) is 76.9 Å². The van der Waals surface area contributed by atoms with E-state index in [4.69, 9.17) is 0 Å². The zero-order valence-corrected chi connectivity index (χ0v) is 12.1. The van der Waals surface area contributed by atoms with Crippen molar-refractivity contribution in [1.82, 2.24) is 10.2 Å². The Morgan fingerprint density at radius 3 is 2.28 bits per heavy atom. The lowest BCUT2D eigenvalue weighted by molar-refractivity contribution is -0.133. The van der Waals surface area contributed by atoms with Gasteiger partial charge in [0.05, 0.1) is 0 Å². The van der Waals surface area contributed by atoms with Crippen LogP contribution in [0.3, 0.4) is 0 Å². The van der Waals surface area contributed by atoms with E-state index in [9.17, 15) is 4.79 Å². The molecule has 0 radical (unpaired) electrons. The summed E-state index contributed by atoms with van der Waals surface area (Å²) in [6, 6.07) is 1.82. The third kappa shape index (κ3) is 3.05. The highest BCUT2D eigenvalue weighted by Crippen LogP contribution is 2.33. The molecule has 0 aromatic carbocycles. The molecule has 2 fully saturated rings. The van der Waals surface area contributed by atoms with Crippen LogP contribution in [0.2, 0.25) is 0 Å². The van der Waals surface area contributed by atoms with E-state index < -0.39 is 0 Å². The summed E-state index contributed by atoms with van der Waals surface area (Å²) < 4.78 is 0. The molecule has 2 aliphatic rings. The molecule has 2 heterocycles. The minimum atomic E-state index is 0.356. The van der Waals surface area contributed by atoms with Crippen LogP contribution in [0.4, 0.5) is 0 Å². The van der Waals surface area contributed by atoms with Crippen LogP contribution < -0.4 is 5.32 Å². The van der Waals surface area contributed by atoms with Gasteiger partial charge in [0.2, 0.25) is 5.91 Å². The molecule has 2 rings (SSSR count). The molecular weight excluding hydrogens is 224 g/mol. The number of amides is 1. The summed E-state index contributed by atoms with van der Waals surface area (Å²) >= 11 is 0. The molecule has 2 saturated heterocycles. The fourth-order valence-corrected chi connectivity index (χ4v) is 3.77. The Bertz CT molecular complexity index is 276. The summed E-state index contributed by atoms with van der Waals surface area (Å²) in [5, 5.41) is 3.64. The molecule has 0 spiro atoms. The van der Waals surface area contributed by atoms with Gasteiger partial charge in [0.1, 0.15) is 0 Å². The second-order valence-corrected chi connectivity index (χ2v) is 6.15. The topological polar surface area (TPSA) is 32.3 Å². The molecule has 3 nitrogen and oxygen atoms in total. The van der Waals surface area contributed by atoms with E-state index in [1.54, 1.807) is 0 Å². The zero-order valence-electron chi connectivity index (χ0n) is 12.1. The number of hydrogen-bond donors (Lipinski definition) is 1. The van der Waals surface area contributed by atoms with Gasteiger partial charge in [-0.15, -0.1) is 0 Å². The van der Waals surface area contributed by atoms with E-state index in [0.29, 0.717) is 30.0 Å². The molecule has 1 N–H and O–H groups in total. The summed E-state index contributed by atoms with van der Waals surface area (Å²) in [6.07, 6.45) is 7.95. The van der Waals surface area contributed by atoms with E-state index in [-0.39, 0.29) is 0 Å². The lowest BCUT2D eigenvalue weighted by atomic mass is 9.89. The smallest absolute Gasteiger partial charge is 0.222 e. The normalized spacial score (nSPS) is 30.8. The van der Waals surface area contributed by atoms with Gasteiger partial charge in [-0.2, -0.15) is 0 Å². The number of fused-ring (bicyclic) bond motifs is 2. The second-order valence-electron chi connectivity index (χ2n) is 6.15. The molecule has 0 aliphatic carbocycles. The van der Waals surface area contributed by atoms with Gasteiger partial charge < -0.3 is 10.2 Å². The quantitative estimate of drug-likeness (QED) is 0.815. The van der Waals surface area contributed by atoms with Crippen LogP contribution >= 0.6 is 0 Å². The maximum Gasteiger partial charge on any atom is 0.222 e. The summed E-state index contributed by atoms with van der Waals surface area (Å²) in [4.78, 5) is 14.3. The van der Waals surface area contributed by atoms with Gasteiger partial charge in [0.25, 0.3) is 0 Å². The van der Waals surface area contributed by atoms with Gasteiger partial charge >= 0.3 is 0 Å². The van der Waals surface area contributed by atoms with Crippen molar-refractivity contribution >= 4 is 5.91 Å². The molecule has 3 heteroatoms. The average molecular weight is 252 g/mol. The van der Waals surface area contributed by atoms with Crippen molar-refractivity contribution in [3.63, 3.8) is 0 Å². The Balaban J connectivity index is 1.83. The molecular formula is C15H28N2O. The van der Waals surface area contributed by atoms with Crippen LogP contribution in [-0.4, -0.2) is 36.0 Å². The predicted molar refractivity (Wildman–Crippen MR) is 74.4 cm³/mol. The third-order valence-electron chi connectivity index (χ3n) is 4.92. The van der Waals surface area contributed by atoms with Crippen LogP contribution in [0, 0.1) is 5.92 Å². The van der Waals surface area contributed by atoms with E-state index in [1.165, 1.54) is 25.7 Å². The maximum atomic E-state index is 12.3. The first-order valence-corrected chi connectivity index (χ1v) is 7.65. The summed E-state index contributed by atoms with van der Waals surface area (Å²) in [5.74, 6) is 0.975. The minimum Gasteiger partial charge on any atom is -0.343 e. The van der Waals surface area contributed by atoms with Gasteiger partial charge in [0, 0.05) is 31.6 Å². The Morgan fingerprint density at radius 1 is 1.22 bits per heavy atom. The summed E-state index contributed by atoms with van der Waals surface area (Å²) in [5.41, 5.74) is 0. The van der Waals surface area contributed by atoms with Crippen molar-refractivity contribution in [3.05, 3.63) is 0 Å². The monoisotopic (exact) mass is 252 g/mol. The first kappa shape index (κ1) is 13.9. The van der Waals surface area contributed by atoms with Crippen molar-refractivity contribution in [2.24, 2.45) is 5.92 Å². The third-order valence-corrected chi connectivity index (χ3v) is 4.92. The predicted octanol–water partition coefficient (Wildman–Crippen LogP) is 2.55. The fraction of sp³-hybridized carbons (Fsp3) is 0.933. The fourth-order valence-electron chi connectivity index (χ4n) is 3.77. The molecule has 0 aromatic rings. The lowest BCUT2D eigenvalue weighted by Crippen LogP contribution is -2.41. The van der Waals surface area contributed by atoms with Crippen molar-refractivity contribution < 1.29 is 4.79 Å². The number of nitrogens with zero attached hydrogens (tertiary/aromatic N) is 1. The van der Waals surface area contributed by atoms with Gasteiger partial charge in [-0.05, 0) is 44.4 Å². The van der Waals surface area contributed by atoms with E-state index in [0.717, 1.165) is 19.3 Å². The van der Waals surface area contributed by atoms with E-state index in [1.807, 2.05) is 11.9 Å². The highest BCUT2D eigenvalue weighted by molar-refractivity contribution is 5.76. The van der Waals surface area contributed by atoms with Crippen LogP contribution in [0.15, 0.2) is 0 Å². The van der Waals surface area contributed by atoms with Crippen molar-refractivity contribution in [1.29, 1.82) is 0 Å². The standard InChI is InChI=1S/C15H28N2O/c1-4-14(5-2)17(3)15(18)10-11-8-12-6-7-13(9-11)16-12/h11-14,16H,4-10H2,1-3H3. The molecule has 2 bridgehead atoms. The van der Waals surface area contributed by atoms with Gasteiger partial charge in [-0.1, -0.05) is 13.8 Å². The van der Waals surface area contributed by atoms with E-state index >= 15 is 0 Å². The van der Waals surface area contributed by atoms with Crippen LogP contribution in [0.1, 0.15) is 58.8 Å². The first-order chi connectivity index (χ1) is 8.63. The Hall–Kier alpha value is -0.570. The SMILES string of the molecule is CCC(CC)N(C)C(=O)CC1CC2CCC(C1)N2. The zero-order chi connectivity index (χ0) is 13.1. The number of carbonyl (C=O) groups is 1. The number of hydrogen-bond acceptors (Lipinski definition) is 2. The number of piperidine rings is 1. The Labute approximate surface area is 111 Å². The summed E-state index contributed by atoms with van der Waals surface area (Å²) in [7, 11) is 1.98. The van der Waals surface area contributed by atoms with Gasteiger partial charge in [-0.25, -0.2) is 0 Å². The largest absolute Gasteiger partial charge is 0.343 e. The lowest BCUT2D eigenvalue weighted by Gasteiger charge is -2.32. The van der Waals surface area contributed by atoms with Gasteiger partial charge in [0.15, 0.2) is 0 Å². The molecule has 2 aliphatic heterocycles. The van der Waals surface area contributed by atoms with E-state index in [2.05, 4.69) is 19.2 Å². The second kappa shape index (κ2) is 6.05. The van der Waals surface area contributed by atoms with Crippen LogP contribution in [0.25, 0.3) is 0 Å². The molecule has 0 saturated carbocycles. The first-order valence-electron chi connectivity index (χ1n) is 7.65. The molecule has 104 valence electrons. The van der Waals surface area contributed by atoms with Gasteiger partial charge in [-0.3, -0.25) is 4.79 Å². The minimum absolute atomic E-state index is 0.356. The molecule has 18 heavy (non-hydrogen) atoms. The molecule has 1 amide bonds. The number of nitrogens with one attached hydrogen (secondary N) is 1. The highest BCUT2D eigenvalue weighted by Gasteiger charge is 2.34. The molecule has 0 aromatic heterocycles. The molecule has 2 atom stereocenters. The van der Waals surface area contributed by atoms with Crippen molar-refractivity contribution in [2.75, 3.05) is 7.05 Å². The van der Waals surface area contributed by atoms with Crippen LogP contribution in [0.5, 0.6) is 0 Å². The Kier molecular flexibility index (Phi) is 4.66. The summed E-state index contributed by atoms with van der Waals surface area (Å²) in [6.45, 7) is 4.34. The molecule has 2 unspecified atom stereocenters. The highest BCUT2D eigenvalue weighted by atomic mass is 16.2. The Morgan fingerprint density at radius 2 is 1.78 bits per heavy atom. The number of rotatable bonds is 5.